The molecule has 4 nitrogen and oxygen atoms in total. The molecule has 0 radical (unpaired) electrons. The second-order valence-electron chi connectivity index (χ2n) is 3.91. The molecule has 1 aliphatic rings. The summed E-state index contributed by atoms with van der Waals surface area (Å²) >= 11 is 6.07. The number of hydrogen-bond donors (Lipinski definition) is 2. The minimum absolute atomic E-state index is 0.658. The molecule has 1 heterocycles. The maximum absolute atomic E-state index is 6.07. The Labute approximate surface area is 106 Å². The molecule has 0 saturated heterocycles. The molecule has 1 aliphatic heterocycles. The van der Waals surface area contributed by atoms with Crippen LogP contribution in [0.25, 0.3) is 0 Å². The third-order valence-corrected chi connectivity index (χ3v) is 3.07. The summed E-state index contributed by atoms with van der Waals surface area (Å²) in [4.78, 5) is 6.67. The van der Waals surface area contributed by atoms with E-state index in [-0.39, 0.29) is 0 Å². The fourth-order valence-corrected chi connectivity index (χ4v) is 2.07. The molecule has 0 unspecified atom stereocenters. The Morgan fingerprint density at radius 2 is 2.24 bits per heavy atom. The standard InChI is InChI=1S/C12H17ClN4/c13-10-3-1-2-4-11(10)16-9-12-15-6-8-17(12)7-5-14/h1-4,16H,5-9,14H2. The van der Waals surface area contributed by atoms with Crippen LogP contribution in [0.5, 0.6) is 0 Å². The highest BCUT2D eigenvalue weighted by atomic mass is 35.5. The van der Waals surface area contributed by atoms with Gasteiger partial charge in [0, 0.05) is 19.6 Å². The van der Waals surface area contributed by atoms with E-state index in [4.69, 9.17) is 17.3 Å². The third-order valence-electron chi connectivity index (χ3n) is 2.74. The molecule has 0 amide bonds. The Morgan fingerprint density at radius 1 is 1.41 bits per heavy atom. The van der Waals surface area contributed by atoms with E-state index in [1.807, 2.05) is 24.3 Å². The van der Waals surface area contributed by atoms with Gasteiger partial charge in [0.05, 0.1) is 23.8 Å². The van der Waals surface area contributed by atoms with E-state index in [0.29, 0.717) is 13.1 Å². The maximum atomic E-state index is 6.07. The lowest BCUT2D eigenvalue weighted by Crippen LogP contribution is -2.36. The molecule has 0 aromatic heterocycles. The van der Waals surface area contributed by atoms with Gasteiger partial charge in [0.1, 0.15) is 5.84 Å². The van der Waals surface area contributed by atoms with Gasteiger partial charge in [-0.3, -0.25) is 4.99 Å². The zero-order valence-corrected chi connectivity index (χ0v) is 10.5. The average molecular weight is 253 g/mol. The molecule has 17 heavy (non-hydrogen) atoms. The van der Waals surface area contributed by atoms with E-state index < -0.39 is 0 Å². The number of nitrogens with zero attached hydrogens (tertiary/aromatic N) is 2. The van der Waals surface area contributed by atoms with Crippen molar-refractivity contribution in [2.75, 3.05) is 38.0 Å². The van der Waals surface area contributed by atoms with Crippen molar-refractivity contribution in [3.63, 3.8) is 0 Å². The quantitative estimate of drug-likeness (QED) is 0.834. The van der Waals surface area contributed by atoms with Gasteiger partial charge in [-0.1, -0.05) is 23.7 Å². The van der Waals surface area contributed by atoms with E-state index in [1.54, 1.807) is 0 Å². The lowest BCUT2D eigenvalue weighted by molar-refractivity contribution is 0.464. The van der Waals surface area contributed by atoms with E-state index in [1.165, 1.54) is 0 Å². The summed E-state index contributed by atoms with van der Waals surface area (Å²) in [5, 5.41) is 4.03. The summed E-state index contributed by atoms with van der Waals surface area (Å²) < 4.78 is 0. The summed E-state index contributed by atoms with van der Waals surface area (Å²) in [6, 6.07) is 7.72. The number of benzene rings is 1. The first-order valence-corrected chi connectivity index (χ1v) is 6.16. The molecule has 3 N–H and O–H groups in total. The van der Waals surface area contributed by atoms with Gasteiger partial charge in [0.15, 0.2) is 0 Å². The van der Waals surface area contributed by atoms with Crippen molar-refractivity contribution in [3.8, 4) is 0 Å². The molecule has 1 aromatic rings. The lowest BCUT2D eigenvalue weighted by atomic mass is 10.3. The Kier molecular flexibility index (Phi) is 4.23. The number of amidine groups is 1. The van der Waals surface area contributed by atoms with Gasteiger partial charge < -0.3 is 16.0 Å². The van der Waals surface area contributed by atoms with Crippen LogP contribution in [-0.4, -0.2) is 43.5 Å². The predicted octanol–water partition coefficient (Wildman–Crippen LogP) is 1.42. The van der Waals surface area contributed by atoms with Crippen molar-refractivity contribution in [2.24, 2.45) is 10.7 Å². The van der Waals surface area contributed by atoms with Crippen LogP contribution in [0.3, 0.4) is 0 Å². The molecule has 0 bridgehead atoms. The van der Waals surface area contributed by atoms with Crippen molar-refractivity contribution in [3.05, 3.63) is 29.3 Å². The van der Waals surface area contributed by atoms with Crippen LogP contribution in [0.2, 0.25) is 5.02 Å². The van der Waals surface area contributed by atoms with Gasteiger partial charge in [-0.05, 0) is 12.1 Å². The molecule has 0 saturated carbocycles. The molecular formula is C12H17ClN4. The van der Waals surface area contributed by atoms with Crippen LogP contribution < -0.4 is 11.1 Å². The Bertz CT molecular complexity index is 405. The molecule has 5 heteroatoms. The van der Waals surface area contributed by atoms with E-state index >= 15 is 0 Å². The summed E-state index contributed by atoms with van der Waals surface area (Å²) in [5.74, 6) is 1.07. The van der Waals surface area contributed by atoms with E-state index in [0.717, 1.165) is 36.2 Å². The van der Waals surface area contributed by atoms with Crippen LogP contribution in [0.1, 0.15) is 0 Å². The normalized spacial score (nSPS) is 14.9. The minimum Gasteiger partial charge on any atom is -0.377 e. The predicted molar refractivity (Wildman–Crippen MR) is 72.9 cm³/mol. The molecule has 0 fully saturated rings. The maximum Gasteiger partial charge on any atom is 0.119 e. The summed E-state index contributed by atoms with van der Waals surface area (Å²) in [6.07, 6.45) is 0. The van der Waals surface area contributed by atoms with Crippen LogP contribution in [-0.2, 0) is 0 Å². The Hall–Kier alpha value is -1.26. The minimum atomic E-state index is 0.658. The number of para-hydroxylation sites is 1. The van der Waals surface area contributed by atoms with Crippen LogP contribution in [0.4, 0.5) is 5.69 Å². The van der Waals surface area contributed by atoms with Gasteiger partial charge in [-0.15, -0.1) is 0 Å². The van der Waals surface area contributed by atoms with Gasteiger partial charge in [0.2, 0.25) is 0 Å². The van der Waals surface area contributed by atoms with Crippen molar-refractivity contribution in [1.29, 1.82) is 0 Å². The van der Waals surface area contributed by atoms with Crippen molar-refractivity contribution < 1.29 is 0 Å². The smallest absolute Gasteiger partial charge is 0.119 e. The zero-order chi connectivity index (χ0) is 12.1. The Balaban J connectivity index is 1.92. The third kappa shape index (κ3) is 3.11. The van der Waals surface area contributed by atoms with Crippen LogP contribution in [0, 0.1) is 0 Å². The van der Waals surface area contributed by atoms with Crippen molar-refractivity contribution >= 4 is 23.1 Å². The Morgan fingerprint density at radius 3 is 3.00 bits per heavy atom. The number of aliphatic imine (C=N–C) groups is 1. The number of nitrogens with one attached hydrogen (secondary N) is 1. The summed E-state index contributed by atoms with van der Waals surface area (Å²) in [5.41, 5.74) is 6.50. The van der Waals surface area contributed by atoms with Gasteiger partial charge >= 0.3 is 0 Å². The molecule has 0 aliphatic carbocycles. The first-order valence-electron chi connectivity index (χ1n) is 5.78. The molecule has 2 rings (SSSR count). The first kappa shape index (κ1) is 12.2. The van der Waals surface area contributed by atoms with Crippen LogP contribution in [0.15, 0.2) is 29.3 Å². The molecule has 92 valence electrons. The zero-order valence-electron chi connectivity index (χ0n) is 9.69. The largest absolute Gasteiger partial charge is 0.377 e. The number of anilines is 1. The monoisotopic (exact) mass is 252 g/mol. The topological polar surface area (TPSA) is 53.6 Å². The summed E-state index contributed by atoms with van der Waals surface area (Å²) in [7, 11) is 0. The fraction of sp³-hybridized carbons (Fsp3) is 0.417. The second kappa shape index (κ2) is 5.89. The highest BCUT2D eigenvalue weighted by Gasteiger charge is 2.15. The van der Waals surface area contributed by atoms with Crippen LogP contribution >= 0.6 is 11.6 Å². The molecule has 1 aromatic carbocycles. The SMILES string of the molecule is NCCN1CCN=C1CNc1ccccc1Cl. The fourth-order valence-electron chi connectivity index (χ4n) is 1.87. The molecule has 0 atom stereocenters. The lowest BCUT2D eigenvalue weighted by Gasteiger charge is -2.20. The van der Waals surface area contributed by atoms with Gasteiger partial charge in [-0.25, -0.2) is 0 Å². The number of hydrogen-bond acceptors (Lipinski definition) is 4. The van der Waals surface area contributed by atoms with Gasteiger partial charge in [-0.2, -0.15) is 0 Å². The molecular weight excluding hydrogens is 236 g/mol. The second-order valence-corrected chi connectivity index (χ2v) is 4.31. The summed E-state index contributed by atoms with van der Waals surface area (Å²) in [6.45, 7) is 4.05. The first-order chi connectivity index (χ1) is 8.31. The number of nitrogens with two attached hydrogens (primary N) is 1. The molecule has 0 spiro atoms. The highest BCUT2D eigenvalue weighted by molar-refractivity contribution is 6.33. The van der Waals surface area contributed by atoms with E-state index in [9.17, 15) is 0 Å². The van der Waals surface area contributed by atoms with Gasteiger partial charge in [0.25, 0.3) is 0 Å². The van der Waals surface area contributed by atoms with E-state index in [2.05, 4.69) is 15.2 Å². The van der Waals surface area contributed by atoms with Crippen molar-refractivity contribution in [1.82, 2.24) is 4.90 Å². The highest BCUT2D eigenvalue weighted by Crippen LogP contribution is 2.20. The number of halogens is 1. The van der Waals surface area contributed by atoms with Crippen molar-refractivity contribution in [2.45, 2.75) is 0 Å². The average Bonchev–Trinajstić information content (AvgIpc) is 2.76. The number of rotatable bonds is 5.